The zero-order valence-electron chi connectivity index (χ0n) is 10.3. The van der Waals surface area contributed by atoms with Gasteiger partial charge in [0.15, 0.2) is 5.58 Å². The van der Waals surface area contributed by atoms with Crippen molar-refractivity contribution in [3.63, 3.8) is 0 Å². The summed E-state index contributed by atoms with van der Waals surface area (Å²) in [5.41, 5.74) is 8.96. The number of thioether (sulfide) groups is 1. The lowest BCUT2D eigenvalue weighted by molar-refractivity contribution is 0.489. The van der Waals surface area contributed by atoms with Crippen LogP contribution in [0.3, 0.4) is 0 Å². The average molecular weight is 370 g/mol. The highest BCUT2D eigenvalue weighted by Crippen LogP contribution is 2.30. The highest BCUT2D eigenvalue weighted by Gasteiger charge is 2.08. The van der Waals surface area contributed by atoms with Gasteiger partial charge in [0, 0.05) is 20.9 Å². The minimum absolute atomic E-state index is 0.615. The third-order valence-corrected chi connectivity index (χ3v) is 4.48. The number of nitrogens with zero attached hydrogens (tertiary/aromatic N) is 1. The SMILES string of the molecule is Nc1ccc2oc(SCc3ccc(Br)cc3Cl)nc2c1. The summed E-state index contributed by atoms with van der Waals surface area (Å²) in [7, 11) is 0. The highest BCUT2D eigenvalue weighted by molar-refractivity contribution is 9.10. The molecule has 3 nitrogen and oxygen atoms in total. The Hall–Kier alpha value is -1.17. The predicted molar refractivity (Wildman–Crippen MR) is 87.1 cm³/mol. The third-order valence-electron chi connectivity index (χ3n) is 2.76. The van der Waals surface area contributed by atoms with E-state index in [4.69, 9.17) is 21.8 Å². The predicted octanol–water partition coefficient (Wildman–Crippen LogP) is 5.12. The first-order valence-electron chi connectivity index (χ1n) is 5.84. The second kappa shape index (κ2) is 5.68. The van der Waals surface area contributed by atoms with Crippen molar-refractivity contribution in [1.29, 1.82) is 0 Å². The van der Waals surface area contributed by atoms with Gasteiger partial charge in [0.05, 0.1) is 0 Å². The first kappa shape index (κ1) is 13.8. The van der Waals surface area contributed by atoms with Crippen LogP contribution in [0.15, 0.2) is 50.5 Å². The van der Waals surface area contributed by atoms with Crippen LogP contribution in [0.25, 0.3) is 11.1 Å². The number of rotatable bonds is 3. The van der Waals surface area contributed by atoms with Gasteiger partial charge in [-0.05, 0) is 35.9 Å². The van der Waals surface area contributed by atoms with Crippen LogP contribution in [0, 0.1) is 0 Å². The molecule has 0 radical (unpaired) electrons. The minimum atomic E-state index is 0.615. The molecule has 2 N–H and O–H groups in total. The van der Waals surface area contributed by atoms with Gasteiger partial charge in [-0.3, -0.25) is 0 Å². The maximum atomic E-state index is 6.18. The summed E-state index contributed by atoms with van der Waals surface area (Å²) in [5, 5.41) is 1.34. The van der Waals surface area contributed by atoms with Crippen molar-refractivity contribution >= 4 is 56.1 Å². The van der Waals surface area contributed by atoms with E-state index in [9.17, 15) is 0 Å². The molecule has 0 fully saturated rings. The summed E-state index contributed by atoms with van der Waals surface area (Å²) in [6.45, 7) is 0. The van der Waals surface area contributed by atoms with Crippen molar-refractivity contribution in [2.45, 2.75) is 11.0 Å². The van der Waals surface area contributed by atoms with E-state index < -0.39 is 0 Å². The van der Waals surface area contributed by atoms with Crippen LogP contribution in [0.4, 0.5) is 5.69 Å². The zero-order valence-corrected chi connectivity index (χ0v) is 13.4. The van der Waals surface area contributed by atoms with Crippen LogP contribution in [-0.4, -0.2) is 4.98 Å². The van der Waals surface area contributed by atoms with Crippen LogP contribution in [0.5, 0.6) is 0 Å². The van der Waals surface area contributed by atoms with Crippen molar-refractivity contribution in [3.05, 3.63) is 51.5 Å². The van der Waals surface area contributed by atoms with Crippen molar-refractivity contribution < 1.29 is 4.42 Å². The molecule has 0 amide bonds. The number of oxazole rings is 1. The number of hydrogen-bond donors (Lipinski definition) is 1. The van der Waals surface area contributed by atoms with Crippen LogP contribution in [0.1, 0.15) is 5.56 Å². The largest absolute Gasteiger partial charge is 0.431 e. The molecule has 1 aromatic heterocycles. The van der Waals surface area contributed by atoms with Crippen LogP contribution < -0.4 is 5.73 Å². The summed E-state index contributed by atoms with van der Waals surface area (Å²) in [4.78, 5) is 4.40. The second-order valence-electron chi connectivity index (χ2n) is 4.23. The van der Waals surface area contributed by atoms with Gasteiger partial charge in [-0.2, -0.15) is 0 Å². The molecule has 3 rings (SSSR count). The Morgan fingerprint density at radius 2 is 2.10 bits per heavy atom. The number of benzene rings is 2. The van der Waals surface area contributed by atoms with E-state index in [0.29, 0.717) is 16.7 Å². The molecule has 0 atom stereocenters. The molecule has 20 heavy (non-hydrogen) atoms. The molecule has 0 spiro atoms. The van der Waals surface area contributed by atoms with Crippen LogP contribution >= 0.6 is 39.3 Å². The van der Waals surface area contributed by atoms with E-state index >= 15 is 0 Å². The fourth-order valence-electron chi connectivity index (χ4n) is 1.76. The van der Waals surface area contributed by atoms with Crippen LogP contribution in [0.2, 0.25) is 5.02 Å². The third kappa shape index (κ3) is 2.95. The van der Waals surface area contributed by atoms with E-state index in [1.54, 1.807) is 12.1 Å². The Balaban J connectivity index is 1.79. The minimum Gasteiger partial charge on any atom is -0.431 e. The molecule has 3 aromatic rings. The molecule has 0 aliphatic carbocycles. The van der Waals surface area contributed by atoms with Gasteiger partial charge in [-0.1, -0.05) is 45.4 Å². The number of fused-ring (bicyclic) bond motifs is 1. The van der Waals surface area contributed by atoms with Crippen molar-refractivity contribution in [2.75, 3.05) is 5.73 Å². The lowest BCUT2D eigenvalue weighted by Crippen LogP contribution is -1.83. The normalized spacial score (nSPS) is 11.1. The first-order chi connectivity index (χ1) is 9.61. The number of halogens is 2. The second-order valence-corrected chi connectivity index (χ2v) is 6.48. The van der Waals surface area contributed by atoms with E-state index in [1.165, 1.54) is 11.8 Å². The van der Waals surface area contributed by atoms with Gasteiger partial charge in [0.25, 0.3) is 5.22 Å². The highest BCUT2D eigenvalue weighted by atomic mass is 79.9. The molecule has 0 aliphatic rings. The van der Waals surface area contributed by atoms with E-state index in [1.807, 2.05) is 24.3 Å². The van der Waals surface area contributed by atoms with Gasteiger partial charge in [-0.25, -0.2) is 4.98 Å². The Labute approximate surface area is 133 Å². The fraction of sp³-hybridized carbons (Fsp3) is 0.0714. The Morgan fingerprint density at radius 3 is 2.90 bits per heavy atom. The molecule has 1 heterocycles. The molecule has 102 valence electrons. The summed E-state index contributed by atoms with van der Waals surface area (Å²) >= 11 is 11.1. The zero-order chi connectivity index (χ0) is 14.1. The molecule has 0 aliphatic heterocycles. The lowest BCUT2D eigenvalue weighted by atomic mass is 10.2. The maximum Gasteiger partial charge on any atom is 0.257 e. The quantitative estimate of drug-likeness (QED) is 0.514. The van der Waals surface area contributed by atoms with Gasteiger partial charge in [0.2, 0.25) is 0 Å². The molecule has 0 unspecified atom stereocenters. The smallest absolute Gasteiger partial charge is 0.257 e. The van der Waals surface area contributed by atoms with Crippen LogP contribution in [-0.2, 0) is 5.75 Å². The van der Waals surface area contributed by atoms with E-state index in [-0.39, 0.29) is 0 Å². The summed E-state index contributed by atoms with van der Waals surface area (Å²) < 4.78 is 6.62. The number of aromatic nitrogens is 1. The Bertz CT molecular complexity index is 775. The standard InChI is InChI=1S/C14H10BrClN2OS/c15-9-2-1-8(11(16)5-9)7-20-14-18-12-6-10(17)3-4-13(12)19-14/h1-6H,7,17H2. The molecule has 2 aromatic carbocycles. The Kier molecular flexibility index (Phi) is 3.92. The van der Waals surface area contributed by atoms with Crippen molar-refractivity contribution in [3.8, 4) is 0 Å². The number of anilines is 1. The van der Waals surface area contributed by atoms with Gasteiger partial charge in [0.1, 0.15) is 5.52 Å². The number of hydrogen-bond acceptors (Lipinski definition) is 4. The molecule has 0 saturated heterocycles. The molecular formula is C14H10BrClN2OS. The lowest BCUT2D eigenvalue weighted by Gasteiger charge is -2.02. The van der Waals surface area contributed by atoms with Gasteiger partial charge < -0.3 is 10.2 Å². The molecular weight excluding hydrogens is 360 g/mol. The van der Waals surface area contributed by atoms with E-state index in [0.717, 1.165) is 26.2 Å². The molecule has 6 heteroatoms. The number of nitrogen functional groups attached to an aromatic ring is 1. The van der Waals surface area contributed by atoms with Crippen molar-refractivity contribution in [2.24, 2.45) is 0 Å². The average Bonchev–Trinajstić information content (AvgIpc) is 2.79. The summed E-state index contributed by atoms with van der Waals surface area (Å²) in [6, 6.07) is 11.3. The Morgan fingerprint density at radius 1 is 1.25 bits per heavy atom. The molecule has 0 bridgehead atoms. The molecule has 0 saturated carbocycles. The monoisotopic (exact) mass is 368 g/mol. The van der Waals surface area contributed by atoms with Crippen molar-refractivity contribution in [1.82, 2.24) is 4.98 Å². The summed E-state index contributed by atoms with van der Waals surface area (Å²) in [6.07, 6.45) is 0. The first-order valence-corrected chi connectivity index (χ1v) is 8.00. The maximum absolute atomic E-state index is 6.18. The van der Waals surface area contributed by atoms with E-state index in [2.05, 4.69) is 20.9 Å². The van der Waals surface area contributed by atoms with Gasteiger partial charge in [-0.15, -0.1) is 0 Å². The number of nitrogens with two attached hydrogens (primary N) is 1. The van der Waals surface area contributed by atoms with Gasteiger partial charge >= 0.3 is 0 Å². The topological polar surface area (TPSA) is 52.0 Å². The summed E-state index contributed by atoms with van der Waals surface area (Å²) in [5.74, 6) is 0.703. The fourth-order valence-corrected chi connectivity index (χ4v) is 3.43.